The predicted octanol–water partition coefficient (Wildman–Crippen LogP) is 2.94. The summed E-state index contributed by atoms with van der Waals surface area (Å²) in [6, 6.07) is 5.37. The lowest BCUT2D eigenvalue weighted by atomic mass is 10.1. The lowest BCUT2D eigenvalue weighted by molar-refractivity contribution is -0.275. The van der Waals surface area contributed by atoms with E-state index in [1.165, 1.54) is 19.1 Å². The minimum Gasteiger partial charge on any atom is -0.490 e. The first-order valence-corrected chi connectivity index (χ1v) is 6.95. The maximum Gasteiger partial charge on any atom is 0.573 e. The summed E-state index contributed by atoms with van der Waals surface area (Å²) in [5, 5.41) is 11.0. The number of carbonyl (C=O) groups is 1. The number of hydrogen-bond donors (Lipinski definition) is 1. The van der Waals surface area contributed by atoms with Crippen molar-refractivity contribution >= 4 is 5.91 Å². The summed E-state index contributed by atoms with van der Waals surface area (Å²) >= 11 is 0. The summed E-state index contributed by atoms with van der Waals surface area (Å²) in [5.41, 5.74) is 0.493. The summed E-state index contributed by atoms with van der Waals surface area (Å²) in [6.07, 6.45) is -4.57. The molecule has 126 valence electrons. The number of halogens is 3. The third-order valence-corrected chi connectivity index (χ3v) is 2.75. The van der Waals surface area contributed by atoms with E-state index in [0.29, 0.717) is 5.56 Å². The van der Waals surface area contributed by atoms with Crippen LogP contribution < -0.4 is 14.8 Å². The minimum atomic E-state index is -4.83. The Morgan fingerprint density at radius 3 is 2.65 bits per heavy atom. The van der Waals surface area contributed by atoms with Crippen molar-refractivity contribution in [1.82, 2.24) is 5.32 Å². The fourth-order valence-corrected chi connectivity index (χ4v) is 1.79. The fourth-order valence-electron chi connectivity index (χ4n) is 1.79. The summed E-state index contributed by atoms with van der Waals surface area (Å²) in [4.78, 5) is 11.6. The van der Waals surface area contributed by atoms with Crippen LogP contribution in [0.3, 0.4) is 0 Å². The minimum absolute atomic E-state index is 0.0175. The Hall–Kier alpha value is -2.43. The fraction of sp³-hybridized carbons (Fsp3) is 0.467. The van der Waals surface area contributed by atoms with Crippen LogP contribution >= 0.6 is 0 Å². The molecule has 0 bridgehead atoms. The van der Waals surface area contributed by atoms with Crippen molar-refractivity contribution in [3.05, 3.63) is 23.8 Å². The summed E-state index contributed by atoms with van der Waals surface area (Å²) < 4.78 is 46.3. The van der Waals surface area contributed by atoms with Crippen molar-refractivity contribution in [3.63, 3.8) is 0 Å². The van der Waals surface area contributed by atoms with Crippen LogP contribution in [0.2, 0.25) is 0 Å². The van der Waals surface area contributed by atoms with Gasteiger partial charge in [-0.05, 0) is 38.0 Å². The van der Waals surface area contributed by atoms with Crippen LogP contribution in [0.15, 0.2) is 18.2 Å². The number of alkyl halides is 3. The number of nitrogens with one attached hydrogen (secondary N) is 1. The van der Waals surface area contributed by atoms with Gasteiger partial charge in [0, 0.05) is 6.42 Å². The molecular weight excluding hydrogens is 313 g/mol. The van der Waals surface area contributed by atoms with Gasteiger partial charge in [-0.1, -0.05) is 6.07 Å². The Balaban J connectivity index is 2.78. The monoisotopic (exact) mass is 330 g/mol. The number of ether oxygens (including phenoxy) is 2. The number of hydrogen-bond acceptors (Lipinski definition) is 4. The van der Waals surface area contributed by atoms with E-state index in [9.17, 15) is 18.0 Å². The van der Waals surface area contributed by atoms with Crippen molar-refractivity contribution in [2.75, 3.05) is 6.61 Å². The molecule has 8 heteroatoms. The van der Waals surface area contributed by atoms with Crippen LogP contribution in [-0.4, -0.2) is 24.9 Å². The molecule has 0 aliphatic heterocycles. The van der Waals surface area contributed by atoms with Crippen molar-refractivity contribution in [2.45, 2.75) is 39.1 Å². The number of rotatable bonds is 7. The molecule has 0 saturated heterocycles. The van der Waals surface area contributed by atoms with E-state index in [-0.39, 0.29) is 31.1 Å². The van der Waals surface area contributed by atoms with E-state index in [1.807, 2.05) is 6.07 Å². The van der Waals surface area contributed by atoms with E-state index in [1.54, 1.807) is 13.0 Å². The highest BCUT2D eigenvalue weighted by molar-refractivity contribution is 5.76. The normalized spacial score (nSPS) is 12.2. The number of nitriles is 1. The van der Waals surface area contributed by atoms with Crippen LogP contribution in [0.25, 0.3) is 0 Å². The van der Waals surface area contributed by atoms with Gasteiger partial charge < -0.3 is 14.8 Å². The Morgan fingerprint density at radius 1 is 1.39 bits per heavy atom. The smallest absolute Gasteiger partial charge is 0.490 e. The van der Waals surface area contributed by atoms with Gasteiger partial charge in [-0.25, -0.2) is 0 Å². The second-order valence-electron chi connectivity index (χ2n) is 4.68. The highest BCUT2D eigenvalue weighted by Crippen LogP contribution is 2.33. The van der Waals surface area contributed by atoms with Crippen molar-refractivity contribution < 1.29 is 27.4 Å². The molecule has 0 fully saturated rings. The zero-order valence-electron chi connectivity index (χ0n) is 12.7. The summed E-state index contributed by atoms with van der Waals surface area (Å²) in [7, 11) is 0. The quantitative estimate of drug-likeness (QED) is 0.834. The third kappa shape index (κ3) is 6.91. The molecule has 1 amide bonds. The SMILES string of the molecule is CCOc1ccc(CCC(=O)NC(C)C#N)cc1OC(F)(F)F. The molecule has 0 aliphatic carbocycles. The van der Waals surface area contributed by atoms with Crippen LogP contribution in [0, 0.1) is 11.3 Å². The Bertz CT molecular complexity index is 582. The van der Waals surface area contributed by atoms with Gasteiger partial charge in [-0.2, -0.15) is 5.26 Å². The number of nitrogens with zero attached hydrogens (tertiary/aromatic N) is 1. The van der Waals surface area contributed by atoms with Crippen molar-refractivity contribution in [1.29, 1.82) is 5.26 Å². The number of amides is 1. The first-order chi connectivity index (χ1) is 10.7. The maximum atomic E-state index is 12.4. The molecule has 5 nitrogen and oxygen atoms in total. The molecule has 0 aromatic heterocycles. The molecule has 1 atom stereocenters. The maximum absolute atomic E-state index is 12.4. The second kappa shape index (κ2) is 8.27. The molecule has 1 N–H and O–H groups in total. The Labute approximate surface area is 132 Å². The van der Waals surface area contributed by atoms with Crippen LogP contribution in [0.5, 0.6) is 11.5 Å². The van der Waals surface area contributed by atoms with Crippen LogP contribution in [0.4, 0.5) is 13.2 Å². The molecule has 0 heterocycles. The summed E-state index contributed by atoms with van der Waals surface area (Å²) in [5.74, 6) is -0.815. The van der Waals surface area contributed by atoms with Gasteiger partial charge in [0.15, 0.2) is 11.5 Å². The zero-order valence-corrected chi connectivity index (χ0v) is 12.7. The standard InChI is InChI=1S/C15H17F3N2O3/c1-3-22-12-6-4-11(8-13(12)23-15(16,17)18)5-7-14(21)20-10(2)9-19/h4,6,8,10H,3,5,7H2,1-2H3,(H,20,21). The molecule has 1 rings (SSSR count). The average Bonchev–Trinajstić information content (AvgIpc) is 2.46. The van der Waals surface area contributed by atoms with Crippen LogP contribution in [-0.2, 0) is 11.2 Å². The summed E-state index contributed by atoms with van der Waals surface area (Å²) in [6.45, 7) is 3.37. The van der Waals surface area contributed by atoms with E-state index in [0.717, 1.165) is 0 Å². The van der Waals surface area contributed by atoms with E-state index >= 15 is 0 Å². The van der Waals surface area contributed by atoms with Crippen molar-refractivity contribution in [3.8, 4) is 17.6 Å². The first kappa shape index (κ1) is 18.6. The molecular formula is C15H17F3N2O3. The lowest BCUT2D eigenvalue weighted by Gasteiger charge is -2.14. The second-order valence-corrected chi connectivity index (χ2v) is 4.68. The Kier molecular flexibility index (Phi) is 6.69. The molecule has 0 aliphatic rings. The highest BCUT2D eigenvalue weighted by atomic mass is 19.4. The van der Waals surface area contributed by atoms with E-state index in [2.05, 4.69) is 10.1 Å². The number of carbonyl (C=O) groups excluding carboxylic acids is 1. The van der Waals surface area contributed by atoms with E-state index in [4.69, 9.17) is 10.00 Å². The van der Waals surface area contributed by atoms with Crippen LogP contribution in [0.1, 0.15) is 25.8 Å². The topological polar surface area (TPSA) is 71.3 Å². The molecule has 0 spiro atoms. The Morgan fingerprint density at radius 2 is 2.09 bits per heavy atom. The third-order valence-electron chi connectivity index (χ3n) is 2.75. The average molecular weight is 330 g/mol. The molecule has 0 radical (unpaired) electrons. The molecule has 1 unspecified atom stereocenters. The number of aryl methyl sites for hydroxylation is 1. The van der Waals surface area contributed by atoms with Gasteiger partial charge in [-0.3, -0.25) is 4.79 Å². The van der Waals surface area contributed by atoms with Gasteiger partial charge >= 0.3 is 6.36 Å². The van der Waals surface area contributed by atoms with Gasteiger partial charge in [-0.15, -0.1) is 13.2 Å². The van der Waals surface area contributed by atoms with Gasteiger partial charge in [0.1, 0.15) is 6.04 Å². The lowest BCUT2D eigenvalue weighted by Crippen LogP contribution is -2.31. The number of benzene rings is 1. The predicted molar refractivity (Wildman–Crippen MR) is 75.8 cm³/mol. The molecule has 1 aromatic carbocycles. The molecule has 23 heavy (non-hydrogen) atoms. The van der Waals surface area contributed by atoms with Gasteiger partial charge in [0.25, 0.3) is 0 Å². The first-order valence-electron chi connectivity index (χ1n) is 6.95. The van der Waals surface area contributed by atoms with Gasteiger partial charge in [0.2, 0.25) is 5.91 Å². The zero-order chi connectivity index (χ0) is 17.5. The molecule has 1 aromatic rings. The van der Waals surface area contributed by atoms with Gasteiger partial charge in [0.05, 0.1) is 12.7 Å². The molecule has 0 saturated carbocycles. The van der Waals surface area contributed by atoms with Crippen molar-refractivity contribution in [2.24, 2.45) is 0 Å². The largest absolute Gasteiger partial charge is 0.573 e. The van der Waals surface area contributed by atoms with E-state index < -0.39 is 18.2 Å². The highest BCUT2D eigenvalue weighted by Gasteiger charge is 2.32.